The molecule has 0 aliphatic carbocycles. The number of anilines is 3. The van der Waals surface area contributed by atoms with Crippen molar-refractivity contribution in [2.24, 2.45) is 0 Å². The Hall–Kier alpha value is -2.68. The van der Waals surface area contributed by atoms with Crippen LogP contribution in [-0.4, -0.2) is 32.5 Å². The van der Waals surface area contributed by atoms with E-state index >= 15 is 0 Å². The number of nitrogens with two attached hydrogens (primary N) is 2. The van der Waals surface area contributed by atoms with Crippen molar-refractivity contribution in [2.75, 3.05) is 11.1 Å². The van der Waals surface area contributed by atoms with Gasteiger partial charge in [0, 0.05) is 11.8 Å². The zero-order valence-electron chi connectivity index (χ0n) is 13.2. The number of aromatic amines is 1. The highest BCUT2D eigenvalue weighted by Gasteiger charge is 2.15. The molecule has 0 atom stereocenters. The number of benzene rings is 1. The number of fused-ring (bicyclic) bond motifs is 1. The maximum atomic E-state index is 6.00. The van der Waals surface area contributed by atoms with Crippen molar-refractivity contribution in [2.45, 2.75) is 20.0 Å². The van der Waals surface area contributed by atoms with Gasteiger partial charge in [-0.25, -0.2) is 9.97 Å². The predicted octanol–water partition coefficient (Wildman–Crippen LogP) is 1.41. The summed E-state index contributed by atoms with van der Waals surface area (Å²) in [4.78, 5) is 8.42. The third kappa shape index (κ3) is 3.02. The molecule has 0 saturated heterocycles. The van der Waals surface area contributed by atoms with Crippen LogP contribution < -0.4 is 21.2 Å². The molecule has 124 valence electrons. The van der Waals surface area contributed by atoms with E-state index in [0.717, 1.165) is 5.39 Å². The first-order valence-electron chi connectivity index (χ1n) is 7.26. The van der Waals surface area contributed by atoms with Crippen LogP contribution in [0.2, 0.25) is 0 Å². The van der Waals surface area contributed by atoms with Gasteiger partial charge >= 0.3 is 0 Å². The second-order valence-electron chi connectivity index (χ2n) is 5.39. The summed E-state index contributed by atoms with van der Waals surface area (Å²) >= 11 is 3.41. The quantitative estimate of drug-likeness (QED) is 0.385. The van der Waals surface area contributed by atoms with Crippen LogP contribution in [0.15, 0.2) is 23.1 Å². The third-order valence-electron chi connectivity index (χ3n) is 3.29. The normalized spacial score (nSPS) is 11.0. The minimum atomic E-state index is -0.0104. The number of nitrogens with one attached hydrogen (secondary N) is 2. The molecule has 8 nitrogen and oxygen atoms in total. The molecule has 0 amide bonds. The summed E-state index contributed by atoms with van der Waals surface area (Å²) in [5.74, 6) is 1.20. The Morgan fingerprint density at radius 2 is 2.17 bits per heavy atom. The largest absolute Gasteiger partial charge is 0.489 e. The monoisotopic (exact) mass is 390 g/mol. The average molecular weight is 391 g/mol. The van der Waals surface area contributed by atoms with Gasteiger partial charge in [0.05, 0.1) is 22.7 Å². The van der Waals surface area contributed by atoms with Gasteiger partial charge in [0.15, 0.2) is 11.9 Å². The number of nitrogen functional groups attached to an aromatic ring is 1. The van der Waals surface area contributed by atoms with Crippen molar-refractivity contribution in [3.63, 3.8) is 0 Å². The fourth-order valence-corrected chi connectivity index (χ4v) is 2.70. The number of ether oxygens (including phenoxy) is 1. The van der Waals surface area contributed by atoms with Gasteiger partial charge in [-0.3, -0.25) is 10.5 Å². The van der Waals surface area contributed by atoms with E-state index in [1.54, 1.807) is 6.07 Å². The molecule has 0 radical (unpaired) electrons. The highest BCUT2D eigenvalue weighted by molar-refractivity contribution is 9.10. The first-order valence-corrected chi connectivity index (χ1v) is 8.05. The highest BCUT2D eigenvalue weighted by atomic mass is 79.9. The Morgan fingerprint density at radius 3 is 2.88 bits per heavy atom. The topological polar surface area (TPSA) is 127 Å². The molecule has 0 aliphatic heterocycles. The van der Waals surface area contributed by atoms with Gasteiger partial charge in [-0.2, -0.15) is 5.10 Å². The molecule has 0 fully saturated rings. The molecular formula is C15H17BrN7O+. The Labute approximate surface area is 146 Å². The van der Waals surface area contributed by atoms with Crippen LogP contribution >= 0.6 is 15.9 Å². The maximum absolute atomic E-state index is 6.00. The summed E-state index contributed by atoms with van der Waals surface area (Å²) in [5, 5.41) is 16.6. The summed E-state index contributed by atoms with van der Waals surface area (Å²) in [6, 6.07) is 3.55. The van der Waals surface area contributed by atoms with Gasteiger partial charge in [-0.05, 0) is 35.8 Å². The molecule has 6 N–H and O–H groups in total. The Bertz CT molecular complexity index is 906. The van der Waals surface area contributed by atoms with Gasteiger partial charge in [0.2, 0.25) is 0 Å². The zero-order chi connectivity index (χ0) is 17.3. The smallest absolute Gasteiger partial charge is 0.187 e. The van der Waals surface area contributed by atoms with Gasteiger partial charge in [0.1, 0.15) is 22.5 Å². The summed E-state index contributed by atoms with van der Waals surface area (Å²) in [6.45, 7) is 3.89. The number of rotatable bonds is 5. The number of H-pyrrole nitrogens is 1. The van der Waals surface area contributed by atoms with E-state index in [2.05, 4.69) is 41.4 Å². The number of halogens is 1. The molecule has 2 heterocycles. The van der Waals surface area contributed by atoms with E-state index in [1.807, 2.05) is 19.9 Å². The number of nitrogens with zero attached hydrogens (tertiary/aromatic N) is 3. The lowest BCUT2D eigenvalue weighted by Crippen LogP contribution is -2.30. The molecule has 0 bridgehead atoms. The van der Waals surface area contributed by atoms with Crippen LogP contribution in [0, 0.1) is 0 Å². The molecule has 0 aliphatic rings. The molecular weight excluding hydrogens is 374 g/mol. The Balaban J connectivity index is 2.10. The molecule has 0 spiro atoms. The van der Waals surface area contributed by atoms with Crippen LogP contribution in [0.5, 0.6) is 5.75 Å². The lowest BCUT2D eigenvalue weighted by atomic mass is 10.1. The second-order valence-corrected chi connectivity index (χ2v) is 6.19. The first-order chi connectivity index (χ1) is 11.5. The van der Waals surface area contributed by atoms with E-state index in [-0.39, 0.29) is 6.10 Å². The minimum absolute atomic E-state index is 0.0104. The highest BCUT2D eigenvalue weighted by Crippen LogP contribution is 2.35. The van der Waals surface area contributed by atoms with Crippen LogP contribution in [0.1, 0.15) is 19.4 Å². The van der Waals surface area contributed by atoms with Crippen LogP contribution in [-0.2, 0) is 0 Å². The summed E-state index contributed by atoms with van der Waals surface area (Å²) in [5.41, 5.74) is 8.48. The van der Waals surface area contributed by atoms with E-state index in [4.69, 9.17) is 15.9 Å². The van der Waals surface area contributed by atoms with Crippen molar-refractivity contribution in [3.05, 3.63) is 28.6 Å². The van der Waals surface area contributed by atoms with Gasteiger partial charge in [0.25, 0.3) is 0 Å². The number of aromatic nitrogens is 4. The molecule has 1 aromatic carbocycles. The second kappa shape index (κ2) is 6.44. The summed E-state index contributed by atoms with van der Waals surface area (Å²) in [7, 11) is 0. The fourth-order valence-electron chi connectivity index (χ4n) is 2.25. The van der Waals surface area contributed by atoms with Crippen molar-refractivity contribution < 1.29 is 10.1 Å². The molecule has 24 heavy (non-hydrogen) atoms. The predicted molar refractivity (Wildman–Crippen MR) is 96.4 cm³/mol. The van der Waals surface area contributed by atoms with Crippen molar-refractivity contribution in [1.29, 1.82) is 0 Å². The van der Waals surface area contributed by atoms with Crippen LogP contribution in [0.4, 0.5) is 17.2 Å². The zero-order valence-corrected chi connectivity index (χ0v) is 14.8. The van der Waals surface area contributed by atoms with Gasteiger partial charge < -0.3 is 15.8 Å². The van der Waals surface area contributed by atoms with Crippen molar-refractivity contribution in [1.82, 2.24) is 20.2 Å². The fraction of sp³-hybridized carbons (Fsp3) is 0.200. The van der Waals surface area contributed by atoms with Crippen molar-refractivity contribution in [3.8, 4) is 5.75 Å². The van der Waals surface area contributed by atoms with E-state index < -0.39 is 0 Å². The van der Waals surface area contributed by atoms with Gasteiger partial charge in [-0.1, -0.05) is 0 Å². The summed E-state index contributed by atoms with van der Waals surface area (Å²) in [6.07, 6.45) is 2.88. The molecule has 3 aromatic rings. The van der Waals surface area contributed by atoms with E-state index in [0.29, 0.717) is 38.8 Å². The van der Waals surface area contributed by atoms with Gasteiger partial charge in [-0.15, -0.1) is 0 Å². The number of hydrogen-bond acceptors (Lipinski definition) is 6. The lowest BCUT2D eigenvalue weighted by molar-refractivity contribution is -0.104. The van der Waals surface area contributed by atoms with E-state index in [1.165, 1.54) is 12.5 Å². The summed E-state index contributed by atoms with van der Waals surface area (Å²) < 4.78 is 6.53. The molecule has 3 rings (SSSR count). The molecule has 2 aromatic heterocycles. The third-order valence-corrected chi connectivity index (χ3v) is 3.86. The minimum Gasteiger partial charge on any atom is -0.489 e. The lowest BCUT2D eigenvalue weighted by Gasteiger charge is -2.17. The standard InChI is InChI=1S/C15H16BrN7O/c1-7(2)24-11-4-9(18)8(5-17)3-10(11)21-14-12-13(16)22-23-15(12)20-6-19-14/h3-7,17H,18H2,1-2H3,(H2,19,20,21,22,23)/p+1. The Morgan fingerprint density at radius 1 is 1.38 bits per heavy atom. The van der Waals surface area contributed by atoms with Crippen LogP contribution in [0.25, 0.3) is 11.0 Å². The molecule has 9 heteroatoms. The maximum Gasteiger partial charge on any atom is 0.187 e. The SMILES string of the molecule is CC(C)Oc1cc(N)c(C=[NH2+])cc1Nc1ncnc2n[nH]c(Br)c12. The first kappa shape index (κ1) is 16.2. The molecule has 0 saturated carbocycles. The van der Waals surface area contributed by atoms with Crippen molar-refractivity contribution >= 4 is 50.4 Å². The Kier molecular flexibility index (Phi) is 4.34. The van der Waals surface area contributed by atoms with Crippen LogP contribution in [0.3, 0.4) is 0 Å². The molecule has 0 unspecified atom stereocenters. The number of hydrogen-bond donors (Lipinski definition) is 4. The van der Waals surface area contributed by atoms with E-state index in [9.17, 15) is 0 Å². The average Bonchev–Trinajstić information content (AvgIpc) is 2.92.